The average Bonchev–Trinajstić information content (AvgIpc) is 3.73. The number of benzene rings is 1. The number of sulfonamides is 1. The maximum Gasteiger partial charge on any atom is 0.410 e. The van der Waals surface area contributed by atoms with Gasteiger partial charge in [-0.15, -0.1) is 5.10 Å². The summed E-state index contributed by atoms with van der Waals surface area (Å²) in [6.45, 7) is 10.7. The fourth-order valence-electron chi connectivity index (χ4n) is 7.24. The Morgan fingerprint density at radius 3 is 2.39 bits per heavy atom. The van der Waals surface area contributed by atoms with Gasteiger partial charge in [0.05, 0.1) is 17.6 Å². The van der Waals surface area contributed by atoms with Crippen LogP contribution in [-0.4, -0.2) is 82.1 Å². The van der Waals surface area contributed by atoms with Crippen molar-refractivity contribution >= 4 is 39.4 Å². The summed E-state index contributed by atoms with van der Waals surface area (Å²) in [4.78, 5) is 36.5. The summed E-state index contributed by atoms with van der Waals surface area (Å²) < 4.78 is 87.5. The van der Waals surface area contributed by atoms with Gasteiger partial charge in [-0.3, -0.25) is 4.79 Å². The van der Waals surface area contributed by atoms with Crippen molar-refractivity contribution in [3.63, 3.8) is 0 Å². The van der Waals surface area contributed by atoms with Crippen molar-refractivity contribution < 1.29 is 45.4 Å². The van der Waals surface area contributed by atoms with Crippen LogP contribution < -0.4 is 19.5 Å². The molecule has 4 aromatic rings. The van der Waals surface area contributed by atoms with Crippen molar-refractivity contribution in [2.24, 2.45) is 11.3 Å². The van der Waals surface area contributed by atoms with E-state index in [1.54, 1.807) is 11.0 Å². The molecule has 6 rings (SSSR count). The third kappa shape index (κ3) is 11.8. The molecule has 0 spiro atoms. The molecule has 14 nitrogen and oxygen atoms in total. The summed E-state index contributed by atoms with van der Waals surface area (Å²) in [5.41, 5.74) is -1.97. The molecular weight excluding hydrogens is 839 g/mol. The monoisotopic (exact) mass is 889 g/mol. The van der Waals surface area contributed by atoms with Gasteiger partial charge in [0, 0.05) is 43.0 Å². The van der Waals surface area contributed by atoms with E-state index in [0.717, 1.165) is 18.4 Å². The van der Waals surface area contributed by atoms with Gasteiger partial charge in [-0.2, -0.15) is 21.6 Å². The quantitative estimate of drug-likeness (QED) is 0.0769. The van der Waals surface area contributed by atoms with Crippen LogP contribution in [0.1, 0.15) is 95.5 Å². The summed E-state index contributed by atoms with van der Waals surface area (Å²) in [7, 11) is -4.58. The number of alkyl halides is 3. The molecule has 1 aliphatic heterocycles. The number of likely N-dealkylation sites (tertiary alicyclic amines) is 1. The molecule has 3 aromatic heterocycles. The van der Waals surface area contributed by atoms with E-state index < -0.39 is 38.1 Å². The molecular formula is C42H51ClF3N7O7S. The van der Waals surface area contributed by atoms with E-state index in [4.69, 9.17) is 25.8 Å². The third-order valence-corrected chi connectivity index (χ3v) is 12.1. The van der Waals surface area contributed by atoms with E-state index in [0.29, 0.717) is 19.5 Å². The second-order valence-corrected chi connectivity index (χ2v) is 19.1. The number of aromatic nitrogens is 4. The van der Waals surface area contributed by atoms with Crippen LogP contribution in [-0.2, 0) is 21.4 Å². The first kappa shape index (κ1) is 45.4. The van der Waals surface area contributed by atoms with Gasteiger partial charge < -0.3 is 24.4 Å². The lowest BCUT2D eigenvalue weighted by Gasteiger charge is -2.33. The number of carbonyl (C=O) groups is 2. The Bertz CT molecular complexity index is 2300. The standard InChI is InChI=1S/C42H51ClF3N7O7S/c1-39(2,3)60-38(55)52-26-29(25-40(52,4)5)13-9-20-47-32-23-30(59-27-28-11-7-6-8-12-28)24-35(48-32)61(56,57)51-37(54)31-14-15-33(49-36(31)43)53-21-16-34(50-53)58-22-10-17-41(18-19-41)42(44,45)46/h6-8,11-12,14-16,21,23-24,29H,9-10,13,17-20,22,25-27H2,1-5H3,(H,47,48)(H,51,54). The smallest absolute Gasteiger partial charge is 0.410 e. The Balaban J connectivity index is 1.08. The number of pyridine rings is 2. The lowest BCUT2D eigenvalue weighted by Crippen LogP contribution is -2.45. The molecule has 1 unspecified atom stereocenters. The molecule has 2 N–H and O–H groups in total. The zero-order valence-electron chi connectivity index (χ0n) is 34.7. The number of anilines is 1. The molecule has 1 saturated carbocycles. The molecule has 2 amide bonds. The summed E-state index contributed by atoms with van der Waals surface area (Å²) in [5.74, 6) is -0.0979. The van der Waals surface area contributed by atoms with E-state index >= 15 is 0 Å². The van der Waals surface area contributed by atoms with Crippen LogP contribution >= 0.6 is 11.6 Å². The fourth-order valence-corrected chi connectivity index (χ4v) is 8.42. The first-order valence-electron chi connectivity index (χ1n) is 20.1. The lowest BCUT2D eigenvalue weighted by molar-refractivity contribution is -0.189. The van der Waals surface area contributed by atoms with Crippen LogP contribution in [0, 0.1) is 11.3 Å². The molecule has 0 bridgehead atoms. The maximum absolute atomic E-state index is 13.7. The van der Waals surface area contributed by atoms with Crippen molar-refractivity contribution in [1.29, 1.82) is 0 Å². The summed E-state index contributed by atoms with van der Waals surface area (Å²) >= 11 is 6.37. The topological polar surface area (TPSA) is 167 Å². The number of ether oxygens (including phenoxy) is 3. The van der Waals surface area contributed by atoms with E-state index in [-0.39, 0.29) is 90.4 Å². The molecule has 4 heterocycles. The van der Waals surface area contributed by atoms with Gasteiger partial charge in [0.1, 0.15) is 28.9 Å². The highest BCUT2D eigenvalue weighted by atomic mass is 35.5. The highest BCUT2D eigenvalue weighted by molar-refractivity contribution is 7.90. The first-order valence-corrected chi connectivity index (χ1v) is 21.9. The van der Waals surface area contributed by atoms with E-state index in [1.807, 2.05) is 69.7 Å². The molecule has 1 saturated heterocycles. The molecule has 330 valence electrons. The number of amides is 2. The minimum atomic E-state index is -4.58. The van der Waals surface area contributed by atoms with Gasteiger partial charge in [-0.05, 0) is 103 Å². The predicted octanol–water partition coefficient (Wildman–Crippen LogP) is 8.74. The van der Waals surface area contributed by atoms with Gasteiger partial charge in [0.15, 0.2) is 10.8 Å². The van der Waals surface area contributed by atoms with E-state index in [1.165, 1.54) is 35.1 Å². The van der Waals surface area contributed by atoms with Crippen molar-refractivity contribution in [3.8, 4) is 17.4 Å². The maximum atomic E-state index is 13.7. The van der Waals surface area contributed by atoms with Gasteiger partial charge >= 0.3 is 12.3 Å². The van der Waals surface area contributed by atoms with Crippen molar-refractivity contribution in [1.82, 2.24) is 29.4 Å². The molecule has 1 aromatic carbocycles. The second kappa shape index (κ2) is 18.1. The normalized spacial score (nSPS) is 17.1. The molecule has 1 aliphatic carbocycles. The zero-order chi connectivity index (χ0) is 44.2. The average molecular weight is 890 g/mol. The van der Waals surface area contributed by atoms with E-state index in [2.05, 4.69) is 20.4 Å². The van der Waals surface area contributed by atoms with Crippen molar-refractivity contribution in [2.45, 2.75) is 109 Å². The van der Waals surface area contributed by atoms with Crippen LogP contribution in [0.3, 0.4) is 0 Å². The Morgan fingerprint density at radius 1 is 0.984 bits per heavy atom. The molecule has 2 aliphatic rings. The minimum Gasteiger partial charge on any atom is -0.489 e. The first-order chi connectivity index (χ1) is 28.6. The summed E-state index contributed by atoms with van der Waals surface area (Å²) in [6, 6.07) is 16.3. The number of halogens is 4. The highest BCUT2D eigenvalue weighted by Crippen LogP contribution is 2.60. The van der Waals surface area contributed by atoms with Crippen LogP contribution in [0.25, 0.3) is 5.82 Å². The van der Waals surface area contributed by atoms with Crippen LogP contribution in [0.15, 0.2) is 71.9 Å². The van der Waals surface area contributed by atoms with Gasteiger partial charge in [0.25, 0.3) is 15.9 Å². The summed E-state index contributed by atoms with van der Waals surface area (Å²) in [6.07, 6.45) is -0.331. The number of nitrogens with zero attached hydrogens (tertiary/aromatic N) is 5. The molecule has 19 heteroatoms. The van der Waals surface area contributed by atoms with Crippen LogP contribution in [0.2, 0.25) is 5.15 Å². The molecule has 61 heavy (non-hydrogen) atoms. The predicted molar refractivity (Wildman–Crippen MR) is 221 cm³/mol. The van der Waals surface area contributed by atoms with E-state index in [9.17, 15) is 31.2 Å². The number of hydrogen-bond donors (Lipinski definition) is 2. The number of nitrogens with one attached hydrogen (secondary N) is 2. The molecule has 2 fully saturated rings. The number of rotatable bonds is 17. The minimum absolute atomic E-state index is 0.0194. The van der Waals surface area contributed by atoms with Crippen LogP contribution in [0.5, 0.6) is 11.6 Å². The third-order valence-electron chi connectivity index (χ3n) is 10.6. The Labute approximate surface area is 358 Å². The molecule has 0 radical (unpaired) electrons. The Kier molecular flexibility index (Phi) is 13.5. The van der Waals surface area contributed by atoms with Crippen molar-refractivity contribution in [2.75, 3.05) is 25.0 Å². The van der Waals surface area contributed by atoms with Crippen LogP contribution in [0.4, 0.5) is 23.8 Å². The zero-order valence-corrected chi connectivity index (χ0v) is 36.3. The lowest BCUT2D eigenvalue weighted by atomic mass is 9.93. The van der Waals surface area contributed by atoms with Gasteiger partial charge in [-0.25, -0.2) is 24.2 Å². The number of carbonyl (C=O) groups excluding carboxylic acids is 2. The highest BCUT2D eigenvalue weighted by Gasteiger charge is 2.62. The Morgan fingerprint density at radius 2 is 1.72 bits per heavy atom. The SMILES string of the molecule is CC(C)(C)OC(=O)N1CC(CCCNc2cc(OCc3ccccc3)cc(S(=O)(=O)NC(=O)c3ccc(-n4ccc(OCCCC5(C(F)(F)F)CC5)n4)nc3Cl)n2)CC1(C)C. The fraction of sp³-hybridized carbons (Fsp3) is 0.500. The molecule has 1 atom stereocenters. The Hall–Kier alpha value is -5.10. The van der Waals surface area contributed by atoms with Crippen molar-refractivity contribution in [3.05, 3.63) is 83.1 Å². The number of hydrogen-bond acceptors (Lipinski definition) is 11. The largest absolute Gasteiger partial charge is 0.489 e. The second-order valence-electron chi connectivity index (χ2n) is 17.1. The summed E-state index contributed by atoms with van der Waals surface area (Å²) in [5, 5.41) is 6.62. The van der Waals surface area contributed by atoms with Gasteiger partial charge in [-0.1, -0.05) is 41.9 Å². The van der Waals surface area contributed by atoms with Gasteiger partial charge in [0.2, 0.25) is 5.88 Å².